The Morgan fingerprint density at radius 2 is 1.79 bits per heavy atom. The van der Waals surface area contributed by atoms with Crippen LogP contribution in [0.15, 0.2) is 29.3 Å². The number of rotatable bonds is 7. The molecule has 1 atom stereocenters. The molecule has 2 N–H and O–H groups in total. The molecule has 5 heteroatoms. The van der Waals surface area contributed by atoms with Crippen LogP contribution in [0.1, 0.15) is 44.7 Å². The molecule has 1 fully saturated rings. The summed E-state index contributed by atoms with van der Waals surface area (Å²) in [6, 6.07) is 8.60. The molecule has 1 saturated heterocycles. The van der Waals surface area contributed by atoms with Crippen LogP contribution in [0.2, 0.25) is 0 Å². The first-order valence-corrected chi connectivity index (χ1v) is 9.19. The average molecular weight is 332 g/mol. The van der Waals surface area contributed by atoms with E-state index in [9.17, 15) is 0 Å². The van der Waals surface area contributed by atoms with Gasteiger partial charge in [-0.25, -0.2) is 0 Å². The second kappa shape index (κ2) is 10.2. The van der Waals surface area contributed by atoms with Crippen LogP contribution in [-0.4, -0.2) is 50.7 Å². The number of hydrogen-bond acceptors (Lipinski definition) is 3. The monoisotopic (exact) mass is 332 g/mol. The first-order chi connectivity index (χ1) is 11.8. The Morgan fingerprint density at radius 1 is 1.12 bits per heavy atom. The number of likely N-dealkylation sites (tertiary alicyclic amines) is 1. The van der Waals surface area contributed by atoms with E-state index in [1.807, 2.05) is 12.1 Å². The lowest BCUT2D eigenvalue weighted by Gasteiger charge is -2.34. The normalized spacial score (nSPS) is 16.3. The van der Waals surface area contributed by atoms with E-state index >= 15 is 0 Å². The predicted molar refractivity (Wildman–Crippen MR) is 101 cm³/mol. The van der Waals surface area contributed by atoms with Crippen LogP contribution in [0.4, 0.5) is 0 Å². The van der Waals surface area contributed by atoms with Gasteiger partial charge < -0.3 is 15.4 Å². The molecule has 1 heterocycles. The number of benzene rings is 1. The Hall–Kier alpha value is -1.75. The molecular weight excluding hydrogens is 300 g/mol. The van der Waals surface area contributed by atoms with E-state index in [1.165, 1.54) is 24.8 Å². The zero-order valence-corrected chi connectivity index (χ0v) is 15.3. The van der Waals surface area contributed by atoms with Gasteiger partial charge in [0.2, 0.25) is 0 Å². The van der Waals surface area contributed by atoms with Crippen molar-refractivity contribution >= 4 is 5.96 Å². The number of piperidine rings is 1. The van der Waals surface area contributed by atoms with Crippen LogP contribution in [0.25, 0.3) is 0 Å². The Kier molecular flexibility index (Phi) is 7.89. The number of guanidine groups is 1. The third kappa shape index (κ3) is 5.13. The Morgan fingerprint density at radius 3 is 2.42 bits per heavy atom. The van der Waals surface area contributed by atoms with Gasteiger partial charge in [0.1, 0.15) is 5.75 Å². The fourth-order valence-electron chi connectivity index (χ4n) is 3.27. The van der Waals surface area contributed by atoms with Crippen molar-refractivity contribution in [3.05, 3.63) is 29.8 Å². The van der Waals surface area contributed by atoms with Gasteiger partial charge in [0, 0.05) is 18.7 Å². The zero-order chi connectivity index (χ0) is 17.2. The van der Waals surface area contributed by atoms with Crippen molar-refractivity contribution in [1.82, 2.24) is 15.5 Å². The number of nitrogens with zero attached hydrogens (tertiary/aromatic N) is 2. The van der Waals surface area contributed by atoms with Gasteiger partial charge in [-0.15, -0.1) is 0 Å². The van der Waals surface area contributed by atoms with E-state index in [4.69, 9.17) is 9.73 Å². The lowest BCUT2D eigenvalue weighted by atomic mass is 10.0. The minimum atomic E-state index is 0.258. The molecule has 1 aromatic carbocycles. The summed E-state index contributed by atoms with van der Waals surface area (Å²) < 4.78 is 5.61. The largest absolute Gasteiger partial charge is 0.496 e. The molecule has 0 spiro atoms. The molecule has 1 aliphatic rings. The van der Waals surface area contributed by atoms with Crippen molar-refractivity contribution in [2.75, 3.05) is 39.8 Å². The molecule has 0 aromatic heterocycles. The highest BCUT2D eigenvalue weighted by molar-refractivity contribution is 5.79. The van der Waals surface area contributed by atoms with E-state index in [0.717, 1.165) is 44.4 Å². The molecule has 1 aromatic rings. The smallest absolute Gasteiger partial charge is 0.191 e. The fraction of sp³-hybridized carbons (Fsp3) is 0.632. The van der Waals surface area contributed by atoms with Gasteiger partial charge in [-0.05, 0) is 45.8 Å². The third-order valence-corrected chi connectivity index (χ3v) is 4.44. The van der Waals surface area contributed by atoms with Gasteiger partial charge in [-0.2, -0.15) is 0 Å². The molecule has 1 aliphatic heterocycles. The Balaban J connectivity index is 2.23. The molecule has 5 nitrogen and oxygen atoms in total. The number of nitrogens with one attached hydrogen (secondary N) is 2. The Labute approximate surface area is 146 Å². The van der Waals surface area contributed by atoms with Gasteiger partial charge in [0.05, 0.1) is 19.7 Å². The molecule has 1 unspecified atom stereocenters. The van der Waals surface area contributed by atoms with Crippen LogP contribution >= 0.6 is 0 Å². The number of hydrogen-bond donors (Lipinski definition) is 2. The quantitative estimate of drug-likeness (QED) is 0.595. The zero-order valence-electron chi connectivity index (χ0n) is 15.3. The average Bonchev–Trinajstić information content (AvgIpc) is 2.63. The van der Waals surface area contributed by atoms with Crippen molar-refractivity contribution < 1.29 is 4.74 Å². The van der Waals surface area contributed by atoms with Crippen LogP contribution in [0, 0.1) is 0 Å². The second-order valence-electron chi connectivity index (χ2n) is 6.10. The first kappa shape index (κ1) is 18.6. The summed E-state index contributed by atoms with van der Waals surface area (Å²) >= 11 is 0. The molecule has 0 radical (unpaired) electrons. The lowest BCUT2D eigenvalue weighted by Crippen LogP contribution is -2.39. The van der Waals surface area contributed by atoms with Gasteiger partial charge in [-0.3, -0.25) is 9.89 Å². The highest BCUT2D eigenvalue weighted by Crippen LogP contribution is 2.31. The van der Waals surface area contributed by atoms with E-state index in [2.05, 4.69) is 41.5 Å². The summed E-state index contributed by atoms with van der Waals surface area (Å²) in [7, 11) is 1.75. The lowest BCUT2D eigenvalue weighted by molar-refractivity contribution is 0.165. The van der Waals surface area contributed by atoms with Crippen molar-refractivity contribution in [1.29, 1.82) is 0 Å². The van der Waals surface area contributed by atoms with Gasteiger partial charge >= 0.3 is 0 Å². The highest BCUT2D eigenvalue weighted by Gasteiger charge is 2.24. The van der Waals surface area contributed by atoms with Crippen LogP contribution < -0.4 is 15.4 Å². The topological polar surface area (TPSA) is 48.9 Å². The maximum absolute atomic E-state index is 5.61. The van der Waals surface area contributed by atoms with Crippen molar-refractivity contribution in [2.45, 2.75) is 39.2 Å². The maximum Gasteiger partial charge on any atom is 0.191 e. The van der Waals surface area contributed by atoms with E-state index in [0.29, 0.717) is 0 Å². The van der Waals surface area contributed by atoms with E-state index < -0.39 is 0 Å². The summed E-state index contributed by atoms with van der Waals surface area (Å²) in [6.45, 7) is 8.93. The summed E-state index contributed by atoms with van der Waals surface area (Å²) in [6.07, 6.45) is 3.86. The minimum Gasteiger partial charge on any atom is -0.496 e. The number of methoxy groups -OCH3 is 1. The molecule has 0 aliphatic carbocycles. The first-order valence-electron chi connectivity index (χ1n) is 9.19. The summed E-state index contributed by atoms with van der Waals surface area (Å²) in [5.41, 5.74) is 1.23. The molecular formula is C19H32N4O. The van der Waals surface area contributed by atoms with Gasteiger partial charge in [0.15, 0.2) is 5.96 Å². The highest BCUT2D eigenvalue weighted by atomic mass is 16.5. The summed E-state index contributed by atoms with van der Waals surface area (Å²) in [5.74, 6) is 1.84. The van der Waals surface area contributed by atoms with Crippen LogP contribution in [0.5, 0.6) is 5.75 Å². The Bertz CT molecular complexity index is 504. The van der Waals surface area contributed by atoms with Crippen molar-refractivity contribution in [3.8, 4) is 5.75 Å². The predicted octanol–water partition coefficient (Wildman–Crippen LogP) is 2.80. The van der Waals surface area contributed by atoms with E-state index in [-0.39, 0.29) is 6.04 Å². The maximum atomic E-state index is 5.61. The fourth-order valence-corrected chi connectivity index (χ4v) is 3.27. The van der Waals surface area contributed by atoms with Gasteiger partial charge in [-0.1, -0.05) is 24.6 Å². The molecule has 0 saturated carbocycles. The molecule has 0 amide bonds. The van der Waals surface area contributed by atoms with Crippen LogP contribution in [0.3, 0.4) is 0 Å². The molecule has 134 valence electrons. The van der Waals surface area contributed by atoms with Gasteiger partial charge in [0.25, 0.3) is 0 Å². The third-order valence-electron chi connectivity index (χ3n) is 4.44. The molecule has 24 heavy (non-hydrogen) atoms. The summed E-state index contributed by atoms with van der Waals surface area (Å²) in [4.78, 5) is 7.38. The number of ether oxygens (including phenoxy) is 1. The SMILES string of the molecule is CCNC(=NCC(c1ccccc1OC)N1CCCCC1)NCC. The molecule has 2 rings (SSSR count). The van der Waals surface area contributed by atoms with Crippen molar-refractivity contribution in [2.24, 2.45) is 4.99 Å². The molecule has 0 bridgehead atoms. The number of para-hydroxylation sites is 1. The van der Waals surface area contributed by atoms with Crippen molar-refractivity contribution in [3.63, 3.8) is 0 Å². The standard InChI is InChI=1S/C19H32N4O/c1-4-20-19(21-5-2)22-15-17(23-13-9-6-10-14-23)16-11-7-8-12-18(16)24-3/h7-8,11-12,17H,4-6,9-10,13-15H2,1-3H3,(H2,20,21,22). The number of aliphatic imine (C=N–C) groups is 1. The minimum absolute atomic E-state index is 0.258. The second-order valence-corrected chi connectivity index (χ2v) is 6.10. The van der Waals surface area contributed by atoms with Crippen LogP contribution in [-0.2, 0) is 0 Å². The summed E-state index contributed by atoms with van der Waals surface area (Å²) in [5, 5.41) is 6.62. The van der Waals surface area contributed by atoms with E-state index in [1.54, 1.807) is 7.11 Å².